The molecule has 0 unspecified atom stereocenters. The summed E-state index contributed by atoms with van der Waals surface area (Å²) < 4.78 is 12.9. The second-order valence-corrected chi connectivity index (χ2v) is 11.8. The van der Waals surface area contributed by atoms with Gasteiger partial charge in [-0.15, -0.1) is 0 Å². The standard InChI is InChI=1S/C7H10NOSi.C5H10.C2H6Si.CO.Fe/c1-10(2)9-7-5-3-4-6-8-7;1-2-4-5-3-1;1-3-2;1-2;/h3-6H,1-2H3;1-5H2;1-2H3;;/q;;;;+1. The average Bonchev–Trinajstić information content (AvgIpc) is 3.00. The monoisotopic (exact) mass is 364 g/mol. The number of nitrogens with zero attached hydrogens (tertiary/aromatic N) is 1. The molecule has 0 aliphatic heterocycles. The third kappa shape index (κ3) is 22.1. The molecule has 0 bridgehead atoms. The molecule has 0 saturated heterocycles. The number of hydrogen-bond donors (Lipinski definition) is 0. The molecular formula is C15H26FeNO2Si2+. The minimum absolute atomic E-state index is 0.130. The second kappa shape index (κ2) is 17.7. The third-order valence-corrected chi connectivity index (χ3v) is 2.81. The zero-order valence-electron chi connectivity index (χ0n) is 13.5. The van der Waals surface area contributed by atoms with Crippen LogP contribution < -0.4 is 4.43 Å². The van der Waals surface area contributed by atoms with Crippen molar-refractivity contribution in [2.75, 3.05) is 0 Å². The van der Waals surface area contributed by atoms with Crippen molar-refractivity contribution in [1.82, 2.24) is 4.98 Å². The average molecular weight is 364 g/mol. The topological polar surface area (TPSA) is 42.0 Å². The summed E-state index contributed by atoms with van der Waals surface area (Å²) in [4.78, 5) is 4.02. The van der Waals surface area contributed by atoms with Crippen LogP contribution in [0.2, 0.25) is 26.2 Å². The van der Waals surface area contributed by atoms with E-state index in [1.165, 1.54) is 32.1 Å². The van der Waals surface area contributed by atoms with E-state index in [1.807, 2.05) is 18.2 Å². The van der Waals surface area contributed by atoms with Crippen LogP contribution in [-0.4, -0.2) is 21.0 Å². The molecule has 118 valence electrons. The van der Waals surface area contributed by atoms with Crippen LogP contribution >= 0.6 is 0 Å². The molecule has 1 aromatic heterocycles. The molecule has 1 heterocycles. The Morgan fingerprint density at radius 3 is 1.76 bits per heavy atom. The van der Waals surface area contributed by atoms with Crippen molar-refractivity contribution in [3.05, 3.63) is 31.0 Å². The SMILES string of the molecule is C1CCCC1.C[Si](C)=[Fe+].C[Si](C)Oc1ccccn1.[C-]#[O+]. The summed E-state index contributed by atoms with van der Waals surface area (Å²) in [6, 6.07) is 5.68. The van der Waals surface area contributed by atoms with E-state index >= 15 is 0 Å². The van der Waals surface area contributed by atoms with Gasteiger partial charge >= 0.3 is 46.2 Å². The van der Waals surface area contributed by atoms with Gasteiger partial charge in [0.15, 0.2) is 5.88 Å². The molecule has 1 saturated carbocycles. The van der Waals surface area contributed by atoms with E-state index in [2.05, 4.69) is 52.7 Å². The number of pyridine rings is 1. The second-order valence-electron chi connectivity index (χ2n) is 4.80. The van der Waals surface area contributed by atoms with E-state index in [0.717, 1.165) is 5.88 Å². The molecule has 0 spiro atoms. The predicted molar refractivity (Wildman–Crippen MR) is 86.8 cm³/mol. The molecule has 6 heteroatoms. The fourth-order valence-corrected chi connectivity index (χ4v) is 2.04. The van der Waals surface area contributed by atoms with Crippen LogP contribution in [-0.2, 0) is 19.5 Å². The Bertz CT molecular complexity index is 357. The molecule has 0 N–H and O–H groups in total. The van der Waals surface area contributed by atoms with Crippen LogP contribution in [0.3, 0.4) is 0 Å². The normalized spacial score (nSPS) is 11.8. The van der Waals surface area contributed by atoms with E-state index in [1.54, 1.807) is 6.20 Å². The fraction of sp³-hybridized carbons (Fsp3) is 0.600. The van der Waals surface area contributed by atoms with Gasteiger partial charge in [0, 0.05) is 6.20 Å². The van der Waals surface area contributed by atoms with Crippen molar-refractivity contribution >= 4 is 16.0 Å². The molecule has 0 aromatic carbocycles. The predicted octanol–water partition coefficient (Wildman–Crippen LogP) is 4.41. The van der Waals surface area contributed by atoms with Gasteiger partial charge in [0.05, 0.1) is 0 Å². The van der Waals surface area contributed by atoms with Gasteiger partial charge in [-0.3, -0.25) is 0 Å². The summed E-state index contributed by atoms with van der Waals surface area (Å²) >= 11 is 3.74. The summed E-state index contributed by atoms with van der Waals surface area (Å²) in [5.74, 6) is 0.737. The first-order chi connectivity index (χ1) is 10.0. The first kappa shape index (κ1) is 22.9. The van der Waals surface area contributed by atoms with E-state index in [-0.39, 0.29) is 6.94 Å². The first-order valence-corrected chi connectivity index (χ1v) is 13.5. The molecular weight excluding hydrogens is 338 g/mol. The molecule has 2 rings (SSSR count). The first-order valence-electron chi connectivity index (χ1n) is 7.06. The van der Waals surface area contributed by atoms with Crippen LogP contribution in [0.25, 0.3) is 0 Å². The Balaban J connectivity index is 0. The Kier molecular flexibility index (Phi) is 19.3. The Morgan fingerprint density at radius 1 is 1.05 bits per heavy atom. The number of hydrogen-bond acceptors (Lipinski definition) is 2. The Hall–Kier alpha value is -0.357. The van der Waals surface area contributed by atoms with Gasteiger partial charge in [0.25, 0.3) is 9.04 Å². The summed E-state index contributed by atoms with van der Waals surface area (Å²) in [5, 5.41) is 0. The number of rotatable bonds is 2. The van der Waals surface area contributed by atoms with E-state index in [9.17, 15) is 0 Å². The van der Waals surface area contributed by atoms with Crippen LogP contribution in [0.5, 0.6) is 5.88 Å². The van der Waals surface area contributed by atoms with Gasteiger partial charge in [-0.25, -0.2) is 4.98 Å². The minimum atomic E-state index is -0.649. The van der Waals surface area contributed by atoms with Crippen LogP contribution in [0.15, 0.2) is 24.4 Å². The quantitative estimate of drug-likeness (QED) is 0.443. The van der Waals surface area contributed by atoms with Crippen molar-refractivity contribution in [1.29, 1.82) is 0 Å². The Labute approximate surface area is 140 Å². The molecule has 1 aliphatic rings. The van der Waals surface area contributed by atoms with Crippen molar-refractivity contribution < 1.29 is 24.0 Å². The molecule has 0 amide bonds. The molecule has 1 aliphatic carbocycles. The zero-order chi connectivity index (χ0) is 16.5. The van der Waals surface area contributed by atoms with Crippen molar-refractivity contribution in [2.24, 2.45) is 0 Å². The van der Waals surface area contributed by atoms with E-state index in [0.29, 0.717) is 0 Å². The maximum atomic E-state index is 7.50. The van der Waals surface area contributed by atoms with Gasteiger partial charge in [-0.2, -0.15) is 0 Å². The molecule has 21 heavy (non-hydrogen) atoms. The van der Waals surface area contributed by atoms with Crippen molar-refractivity contribution in [3.8, 4) is 5.88 Å². The van der Waals surface area contributed by atoms with E-state index < -0.39 is 9.04 Å². The summed E-state index contributed by atoms with van der Waals surface area (Å²) in [6.45, 7) is 12.9. The Morgan fingerprint density at radius 2 is 1.48 bits per heavy atom. The van der Waals surface area contributed by atoms with Crippen molar-refractivity contribution in [2.45, 2.75) is 58.3 Å². The zero-order valence-corrected chi connectivity index (χ0v) is 16.6. The van der Waals surface area contributed by atoms with Gasteiger partial charge < -0.3 is 4.43 Å². The molecule has 3 nitrogen and oxygen atoms in total. The number of aromatic nitrogens is 1. The summed E-state index contributed by atoms with van der Waals surface area (Å²) in [6.07, 6.45) is 9.24. The van der Waals surface area contributed by atoms with Crippen molar-refractivity contribution in [3.63, 3.8) is 0 Å². The molecule has 1 radical (unpaired) electrons. The molecule has 1 aromatic rings. The maximum absolute atomic E-state index is 7.50. The molecule has 1 fully saturated rings. The third-order valence-electron chi connectivity index (χ3n) is 2.20. The fourth-order valence-electron chi connectivity index (χ4n) is 1.50. The van der Waals surface area contributed by atoms with E-state index in [4.69, 9.17) is 9.08 Å². The van der Waals surface area contributed by atoms with Gasteiger partial charge in [-0.1, -0.05) is 38.2 Å². The van der Waals surface area contributed by atoms with Gasteiger partial charge in [0.1, 0.15) is 0 Å². The summed E-state index contributed by atoms with van der Waals surface area (Å²) in [7, 11) is -0.649. The van der Waals surface area contributed by atoms with Crippen LogP contribution in [0.1, 0.15) is 32.1 Å². The summed E-state index contributed by atoms with van der Waals surface area (Å²) in [5.41, 5.74) is 0. The van der Waals surface area contributed by atoms with Gasteiger partial charge in [0.2, 0.25) is 0 Å². The van der Waals surface area contributed by atoms with Crippen LogP contribution in [0.4, 0.5) is 0 Å². The van der Waals surface area contributed by atoms with Crippen LogP contribution in [0, 0.1) is 6.65 Å². The van der Waals surface area contributed by atoms with Gasteiger partial charge in [-0.05, 0) is 25.2 Å². The molecule has 0 atom stereocenters.